The molecule has 0 spiro atoms. The summed E-state index contributed by atoms with van der Waals surface area (Å²) in [5.74, 6) is 0.741. The maximum atomic E-state index is 12.7. The number of alkyl halides is 1. The summed E-state index contributed by atoms with van der Waals surface area (Å²) < 4.78 is 18.0. The van der Waals surface area contributed by atoms with Crippen molar-refractivity contribution in [2.75, 3.05) is 0 Å². The minimum absolute atomic E-state index is 0.0468. The van der Waals surface area contributed by atoms with Crippen LogP contribution in [0.25, 0.3) is 0 Å². The molecule has 0 amide bonds. The summed E-state index contributed by atoms with van der Waals surface area (Å²) in [5.41, 5.74) is 1.06. The average Bonchev–Trinajstić information content (AvgIpc) is 2.83. The molecule has 1 nitrogen and oxygen atoms in total. The summed E-state index contributed by atoms with van der Waals surface area (Å²) in [5, 5.41) is 0.0468. The van der Waals surface area contributed by atoms with E-state index in [4.69, 9.17) is 16.0 Å². The molecule has 0 N–H and O–H groups in total. The lowest BCUT2D eigenvalue weighted by Gasteiger charge is -2.08. The second kappa shape index (κ2) is 5.87. The van der Waals surface area contributed by atoms with Crippen LogP contribution in [0.3, 0.4) is 0 Å². The van der Waals surface area contributed by atoms with E-state index in [0.29, 0.717) is 0 Å². The van der Waals surface area contributed by atoms with E-state index < -0.39 is 0 Å². The number of rotatable bonds is 5. The first kappa shape index (κ1) is 12.2. The fourth-order valence-corrected chi connectivity index (χ4v) is 2.02. The highest BCUT2D eigenvalue weighted by atomic mass is 35.5. The van der Waals surface area contributed by atoms with Crippen molar-refractivity contribution in [2.45, 2.75) is 24.6 Å². The van der Waals surface area contributed by atoms with Gasteiger partial charge in [-0.2, -0.15) is 0 Å². The van der Waals surface area contributed by atoms with Gasteiger partial charge in [0.15, 0.2) is 0 Å². The summed E-state index contributed by atoms with van der Waals surface area (Å²) in [6.45, 7) is 0. The van der Waals surface area contributed by atoms with Crippen molar-refractivity contribution in [3.63, 3.8) is 0 Å². The van der Waals surface area contributed by atoms with E-state index in [1.165, 1.54) is 12.1 Å². The molecule has 1 heterocycles. The molecule has 0 saturated heterocycles. The first-order valence-corrected chi connectivity index (χ1v) is 6.08. The zero-order valence-corrected chi connectivity index (χ0v) is 10.2. The Hall–Kier alpha value is -1.28. The van der Waals surface area contributed by atoms with Gasteiger partial charge in [0.2, 0.25) is 0 Å². The van der Waals surface area contributed by atoms with Crippen molar-refractivity contribution in [1.82, 2.24) is 0 Å². The molecule has 3 heteroatoms. The van der Waals surface area contributed by atoms with Crippen molar-refractivity contribution >= 4 is 11.6 Å². The van der Waals surface area contributed by atoms with E-state index in [0.717, 1.165) is 30.6 Å². The molecule has 0 aliphatic carbocycles. The van der Waals surface area contributed by atoms with Crippen LogP contribution in [0.4, 0.5) is 4.39 Å². The molecule has 0 radical (unpaired) electrons. The van der Waals surface area contributed by atoms with Crippen LogP contribution in [-0.2, 0) is 12.8 Å². The first-order valence-electron chi connectivity index (χ1n) is 5.65. The predicted octanol–water partition coefficient (Wildman–Crippen LogP) is 4.20. The molecule has 0 bridgehead atoms. The largest absolute Gasteiger partial charge is 0.469 e. The van der Waals surface area contributed by atoms with Gasteiger partial charge in [-0.05, 0) is 42.7 Å². The van der Waals surface area contributed by atoms with Crippen LogP contribution >= 0.6 is 11.6 Å². The summed E-state index contributed by atoms with van der Waals surface area (Å²) in [4.78, 5) is 0. The topological polar surface area (TPSA) is 13.1 Å². The lowest BCUT2D eigenvalue weighted by molar-refractivity contribution is 0.499. The number of furan rings is 1. The molecular weight excluding hydrogens is 239 g/mol. The van der Waals surface area contributed by atoms with Crippen molar-refractivity contribution in [1.29, 1.82) is 0 Å². The molecule has 0 saturated carbocycles. The standard InChI is InChI=1S/C14H14ClFO/c15-12(5-8-14-2-1-9-17-14)10-11-3-6-13(16)7-4-11/h1-4,6-7,9,12H,5,8,10H2. The third-order valence-corrected chi connectivity index (χ3v) is 3.03. The molecule has 0 aliphatic heterocycles. The highest BCUT2D eigenvalue weighted by molar-refractivity contribution is 6.20. The van der Waals surface area contributed by atoms with E-state index in [9.17, 15) is 4.39 Å². The first-order chi connectivity index (χ1) is 8.24. The van der Waals surface area contributed by atoms with Crippen LogP contribution in [0.2, 0.25) is 0 Å². The summed E-state index contributed by atoms with van der Waals surface area (Å²) in [6, 6.07) is 10.3. The van der Waals surface area contributed by atoms with Gasteiger partial charge in [-0.1, -0.05) is 12.1 Å². The van der Waals surface area contributed by atoms with Gasteiger partial charge in [0, 0.05) is 11.8 Å². The van der Waals surface area contributed by atoms with Crippen LogP contribution in [0.15, 0.2) is 47.1 Å². The molecule has 2 rings (SSSR count). The quantitative estimate of drug-likeness (QED) is 0.727. The SMILES string of the molecule is Fc1ccc(CC(Cl)CCc2ccco2)cc1. The highest BCUT2D eigenvalue weighted by Crippen LogP contribution is 2.15. The molecule has 2 aromatic rings. The maximum Gasteiger partial charge on any atom is 0.123 e. The summed E-state index contributed by atoms with van der Waals surface area (Å²) in [7, 11) is 0. The Labute approximate surface area is 105 Å². The maximum absolute atomic E-state index is 12.7. The molecule has 0 aliphatic rings. The molecule has 1 unspecified atom stereocenters. The molecule has 17 heavy (non-hydrogen) atoms. The van der Waals surface area contributed by atoms with E-state index in [1.54, 1.807) is 18.4 Å². The lowest BCUT2D eigenvalue weighted by atomic mass is 10.1. The molecule has 90 valence electrons. The van der Waals surface area contributed by atoms with Gasteiger partial charge >= 0.3 is 0 Å². The number of benzene rings is 1. The van der Waals surface area contributed by atoms with Gasteiger partial charge in [-0.3, -0.25) is 0 Å². The van der Waals surface area contributed by atoms with Gasteiger partial charge in [0.1, 0.15) is 11.6 Å². The third-order valence-electron chi connectivity index (χ3n) is 2.65. The second-order valence-electron chi connectivity index (χ2n) is 4.05. The summed E-state index contributed by atoms with van der Waals surface area (Å²) >= 11 is 6.24. The van der Waals surface area contributed by atoms with Crippen LogP contribution in [0.1, 0.15) is 17.7 Å². The fraction of sp³-hybridized carbons (Fsp3) is 0.286. The third kappa shape index (κ3) is 3.90. The monoisotopic (exact) mass is 252 g/mol. The predicted molar refractivity (Wildman–Crippen MR) is 66.8 cm³/mol. The summed E-state index contributed by atoms with van der Waals surface area (Å²) in [6.07, 6.45) is 4.11. The number of halogens is 2. The van der Waals surface area contributed by atoms with Crippen LogP contribution in [0.5, 0.6) is 0 Å². The molecular formula is C14H14ClFO. The minimum atomic E-state index is -0.213. The van der Waals surface area contributed by atoms with Crippen LogP contribution in [0, 0.1) is 5.82 Å². The Morgan fingerprint density at radius 3 is 2.59 bits per heavy atom. The minimum Gasteiger partial charge on any atom is -0.469 e. The molecule has 1 atom stereocenters. The van der Waals surface area contributed by atoms with E-state index >= 15 is 0 Å². The van der Waals surface area contributed by atoms with Gasteiger partial charge in [-0.15, -0.1) is 11.6 Å². The highest BCUT2D eigenvalue weighted by Gasteiger charge is 2.07. The van der Waals surface area contributed by atoms with Gasteiger partial charge < -0.3 is 4.42 Å². The second-order valence-corrected chi connectivity index (χ2v) is 4.66. The lowest BCUT2D eigenvalue weighted by Crippen LogP contribution is -2.04. The average molecular weight is 253 g/mol. The van der Waals surface area contributed by atoms with E-state index in [1.807, 2.05) is 12.1 Å². The Bertz CT molecular complexity index is 436. The number of hydrogen-bond donors (Lipinski definition) is 0. The molecule has 1 aromatic carbocycles. The Morgan fingerprint density at radius 2 is 1.94 bits per heavy atom. The van der Waals surface area contributed by atoms with Crippen molar-refractivity contribution in [2.24, 2.45) is 0 Å². The van der Waals surface area contributed by atoms with Gasteiger partial charge in [-0.25, -0.2) is 4.39 Å². The van der Waals surface area contributed by atoms with Crippen LogP contribution in [-0.4, -0.2) is 5.38 Å². The number of aryl methyl sites for hydroxylation is 1. The zero-order chi connectivity index (χ0) is 12.1. The zero-order valence-electron chi connectivity index (χ0n) is 9.40. The van der Waals surface area contributed by atoms with Gasteiger partial charge in [0.25, 0.3) is 0 Å². The smallest absolute Gasteiger partial charge is 0.123 e. The molecule has 1 aromatic heterocycles. The van der Waals surface area contributed by atoms with Gasteiger partial charge in [0.05, 0.1) is 6.26 Å². The fourth-order valence-electron chi connectivity index (χ4n) is 1.73. The van der Waals surface area contributed by atoms with Crippen LogP contribution < -0.4 is 0 Å². The van der Waals surface area contributed by atoms with Crippen molar-refractivity contribution in [3.8, 4) is 0 Å². The molecule has 0 fully saturated rings. The van der Waals surface area contributed by atoms with E-state index in [2.05, 4.69) is 0 Å². The van der Waals surface area contributed by atoms with Crippen molar-refractivity contribution < 1.29 is 8.81 Å². The number of hydrogen-bond acceptors (Lipinski definition) is 1. The Balaban J connectivity index is 1.80. The Morgan fingerprint density at radius 1 is 1.18 bits per heavy atom. The van der Waals surface area contributed by atoms with Crippen molar-refractivity contribution in [3.05, 3.63) is 59.8 Å². The Kier molecular flexibility index (Phi) is 4.21. The normalized spacial score (nSPS) is 12.6. The van der Waals surface area contributed by atoms with E-state index in [-0.39, 0.29) is 11.2 Å².